The van der Waals surface area contributed by atoms with Gasteiger partial charge in [0.1, 0.15) is 5.82 Å². The molecule has 0 bridgehead atoms. The van der Waals surface area contributed by atoms with Crippen LogP contribution >= 0.6 is 0 Å². The van der Waals surface area contributed by atoms with Crippen LogP contribution in [0.4, 0.5) is 5.82 Å². The number of aromatic nitrogens is 2. The van der Waals surface area contributed by atoms with Crippen LogP contribution < -0.4 is 4.90 Å². The van der Waals surface area contributed by atoms with Crippen LogP contribution in [0.1, 0.15) is 19.8 Å². The fourth-order valence-corrected chi connectivity index (χ4v) is 3.53. The Kier molecular flexibility index (Phi) is 5.63. The van der Waals surface area contributed by atoms with Gasteiger partial charge in [-0.3, -0.25) is 14.7 Å². The molecule has 0 aliphatic carbocycles. The summed E-state index contributed by atoms with van der Waals surface area (Å²) in [6, 6.07) is 0.582. The van der Waals surface area contributed by atoms with Crippen molar-refractivity contribution in [2.75, 3.05) is 51.3 Å². The third kappa shape index (κ3) is 4.21. The predicted octanol–water partition coefficient (Wildman–Crippen LogP) is 0.625. The summed E-state index contributed by atoms with van der Waals surface area (Å²) < 4.78 is 5.62. The second kappa shape index (κ2) is 7.90. The van der Waals surface area contributed by atoms with Crippen LogP contribution in [-0.4, -0.2) is 84.2 Å². The van der Waals surface area contributed by atoms with Gasteiger partial charge in [-0.15, -0.1) is 0 Å². The minimum Gasteiger partial charge on any atom is -0.376 e. The number of rotatable bonds is 4. The van der Waals surface area contributed by atoms with Crippen LogP contribution in [0.2, 0.25) is 0 Å². The van der Waals surface area contributed by atoms with Gasteiger partial charge in [-0.25, -0.2) is 4.98 Å². The second-order valence-electron chi connectivity index (χ2n) is 6.71. The molecule has 0 saturated carbocycles. The number of likely N-dealkylation sites (N-methyl/N-ethyl adjacent to an activating group) is 1. The molecule has 1 aromatic heterocycles. The highest BCUT2D eigenvalue weighted by Gasteiger charge is 2.29. The SMILES string of the molecule is C[C@H]1CN(C2CCN(C(=O)CN(C)c3cnccn3)CC2)CCO1. The van der Waals surface area contributed by atoms with Crippen LogP contribution in [0, 0.1) is 0 Å². The van der Waals surface area contributed by atoms with E-state index < -0.39 is 0 Å². The first-order chi connectivity index (χ1) is 11.6. The van der Waals surface area contributed by atoms with Crippen LogP contribution in [0.15, 0.2) is 18.6 Å². The van der Waals surface area contributed by atoms with Gasteiger partial charge in [0.05, 0.1) is 25.5 Å². The van der Waals surface area contributed by atoms with Crippen molar-refractivity contribution < 1.29 is 9.53 Å². The van der Waals surface area contributed by atoms with E-state index in [9.17, 15) is 4.79 Å². The van der Waals surface area contributed by atoms with Gasteiger partial charge in [0, 0.05) is 51.7 Å². The summed E-state index contributed by atoms with van der Waals surface area (Å²) in [5, 5.41) is 0. The largest absolute Gasteiger partial charge is 0.376 e. The molecule has 0 unspecified atom stereocenters. The van der Waals surface area contributed by atoms with E-state index in [1.807, 2.05) is 16.8 Å². The zero-order valence-corrected chi connectivity index (χ0v) is 14.6. The first kappa shape index (κ1) is 17.1. The predicted molar refractivity (Wildman–Crippen MR) is 91.9 cm³/mol. The molecule has 7 nitrogen and oxygen atoms in total. The Morgan fingerprint density at radius 3 is 2.79 bits per heavy atom. The summed E-state index contributed by atoms with van der Waals surface area (Å²) in [6.07, 6.45) is 7.38. The molecule has 7 heteroatoms. The van der Waals surface area contributed by atoms with E-state index in [0.717, 1.165) is 51.4 Å². The highest BCUT2D eigenvalue weighted by Crippen LogP contribution is 2.19. The van der Waals surface area contributed by atoms with E-state index in [1.165, 1.54) is 0 Å². The number of ether oxygens (including phenoxy) is 1. The number of nitrogens with zero attached hydrogens (tertiary/aromatic N) is 5. The van der Waals surface area contributed by atoms with Crippen molar-refractivity contribution in [3.63, 3.8) is 0 Å². The zero-order valence-electron chi connectivity index (χ0n) is 14.6. The van der Waals surface area contributed by atoms with E-state index in [2.05, 4.69) is 21.8 Å². The lowest BCUT2D eigenvalue weighted by molar-refractivity contribution is -0.131. The fourth-order valence-electron chi connectivity index (χ4n) is 3.53. The second-order valence-corrected chi connectivity index (χ2v) is 6.71. The Bertz CT molecular complexity index is 533. The Labute approximate surface area is 143 Å². The maximum absolute atomic E-state index is 12.5. The number of amides is 1. The summed E-state index contributed by atoms with van der Waals surface area (Å²) in [6.45, 7) is 6.99. The molecule has 1 aromatic rings. The minimum atomic E-state index is 0.164. The van der Waals surface area contributed by atoms with E-state index in [0.29, 0.717) is 18.7 Å². The molecule has 2 fully saturated rings. The van der Waals surface area contributed by atoms with Crippen molar-refractivity contribution in [2.45, 2.75) is 31.9 Å². The van der Waals surface area contributed by atoms with Gasteiger partial charge >= 0.3 is 0 Å². The lowest BCUT2D eigenvalue weighted by Gasteiger charge is -2.41. The van der Waals surface area contributed by atoms with Gasteiger partial charge in [0.2, 0.25) is 5.91 Å². The number of hydrogen-bond acceptors (Lipinski definition) is 6. The average molecular weight is 333 g/mol. The van der Waals surface area contributed by atoms with Crippen molar-refractivity contribution >= 4 is 11.7 Å². The van der Waals surface area contributed by atoms with Crippen LogP contribution in [-0.2, 0) is 9.53 Å². The monoisotopic (exact) mass is 333 g/mol. The number of piperidine rings is 1. The number of morpholine rings is 1. The summed E-state index contributed by atoms with van der Waals surface area (Å²) in [7, 11) is 1.88. The minimum absolute atomic E-state index is 0.164. The molecular formula is C17H27N5O2. The average Bonchev–Trinajstić information content (AvgIpc) is 2.62. The molecule has 132 valence electrons. The van der Waals surface area contributed by atoms with Gasteiger partial charge < -0.3 is 14.5 Å². The molecule has 1 amide bonds. The number of anilines is 1. The molecule has 0 aromatic carbocycles. The molecule has 3 heterocycles. The van der Waals surface area contributed by atoms with Crippen molar-refractivity contribution in [3.8, 4) is 0 Å². The maximum atomic E-state index is 12.5. The highest BCUT2D eigenvalue weighted by molar-refractivity contribution is 5.81. The molecule has 3 rings (SSSR count). The van der Waals surface area contributed by atoms with Crippen molar-refractivity contribution in [1.29, 1.82) is 0 Å². The molecular weight excluding hydrogens is 306 g/mol. The molecule has 0 N–H and O–H groups in total. The number of likely N-dealkylation sites (tertiary alicyclic amines) is 1. The topological polar surface area (TPSA) is 61.8 Å². The fraction of sp³-hybridized carbons (Fsp3) is 0.706. The Hall–Kier alpha value is -1.73. The Morgan fingerprint density at radius 2 is 2.12 bits per heavy atom. The van der Waals surface area contributed by atoms with Crippen LogP contribution in [0.3, 0.4) is 0 Å². The standard InChI is InChI=1S/C17H27N5O2/c1-14-12-22(9-10-24-14)15-3-7-21(8-4-15)17(23)13-20(2)16-11-18-5-6-19-16/h5-6,11,14-15H,3-4,7-10,12-13H2,1-2H3/t14-/m0/s1. The molecule has 1 atom stereocenters. The number of carbonyl (C=O) groups is 1. The first-order valence-electron chi connectivity index (χ1n) is 8.74. The molecule has 2 saturated heterocycles. The smallest absolute Gasteiger partial charge is 0.242 e. The van der Waals surface area contributed by atoms with Crippen LogP contribution in [0.25, 0.3) is 0 Å². The van der Waals surface area contributed by atoms with E-state index >= 15 is 0 Å². The van der Waals surface area contributed by atoms with Crippen molar-refractivity contribution in [2.24, 2.45) is 0 Å². The molecule has 0 radical (unpaired) electrons. The van der Waals surface area contributed by atoms with Gasteiger partial charge in [-0.1, -0.05) is 0 Å². The van der Waals surface area contributed by atoms with E-state index in [1.54, 1.807) is 18.6 Å². The van der Waals surface area contributed by atoms with Gasteiger partial charge in [0.15, 0.2) is 0 Å². The molecule has 0 spiro atoms. The molecule has 2 aliphatic rings. The summed E-state index contributed by atoms with van der Waals surface area (Å²) >= 11 is 0. The third-order valence-corrected chi connectivity index (χ3v) is 4.92. The van der Waals surface area contributed by atoms with Gasteiger partial charge in [0.25, 0.3) is 0 Å². The van der Waals surface area contributed by atoms with Gasteiger partial charge in [-0.2, -0.15) is 0 Å². The van der Waals surface area contributed by atoms with Crippen molar-refractivity contribution in [1.82, 2.24) is 19.8 Å². The Morgan fingerprint density at radius 1 is 1.33 bits per heavy atom. The Balaban J connectivity index is 1.46. The lowest BCUT2D eigenvalue weighted by Crippen LogP contribution is -2.52. The maximum Gasteiger partial charge on any atom is 0.242 e. The van der Waals surface area contributed by atoms with E-state index in [-0.39, 0.29) is 5.91 Å². The lowest BCUT2D eigenvalue weighted by atomic mass is 10.0. The first-order valence-corrected chi connectivity index (χ1v) is 8.74. The van der Waals surface area contributed by atoms with Gasteiger partial charge in [-0.05, 0) is 19.8 Å². The molecule has 24 heavy (non-hydrogen) atoms. The molecule has 2 aliphatic heterocycles. The zero-order chi connectivity index (χ0) is 16.9. The third-order valence-electron chi connectivity index (χ3n) is 4.92. The normalized spacial score (nSPS) is 23.2. The number of carbonyl (C=O) groups excluding carboxylic acids is 1. The summed E-state index contributed by atoms with van der Waals surface area (Å²) in [5.41, 5.74) is 0. The highest BCUT2D eigenvalue weighted by atomic mass is 16.5. The number of hydrogen-bond donors (Lipinski definition) is 0. The summed E-state index contributed by atoms with van der Waals surface area (Å²) in [4.78, 5) is 27.2. The summed E-state index contributed by atoms with van der Waals surface area (Å²) in [5.74, 6) is 0.889. The van der Waals surface area contributed by atoms with Crippen LogP contribution in [0.5, 0.6) is 0 Å². The van der Waals surface area contributed by atoms with E-state index in [4.69, 9.17) is 4.74 Å². The van der Waals surface area contributed by atoms with Crippen molar-refractivity contribution in [3.05, 3.63) is 18.6 Å². The quantitative estimate of drug-likeness (QED) is 0.805.